The second-order valence-electron chi connectivity index (χ2n) is 1.21. The maximum Gasteiger partial charge on any atom is 0.216 e. The van der Waals surface area contributed by atoms with E-state index >= 15 is 0 Å². The van der Waals surface area contributed by atoms with Crippen LogP contribution in [0.2, 0.25) is 0 Å². The summed E-state index contributed by atoms with van der Waals surface area (Å²) in [6.45, 7) is 6.15. The Morgan fingerprint density at radius 2 is 2.00 bits per heavy atom. The van der Waals surface area contributed by atoms with Crippen LogP contribution in [0.5, 0.6) is 0 Å². The highest BCUT2D eigenvalue weighted by Crippen LogP contribution is 1.66. The SMILES string of the molecule is CC.CC(=O)NCCS. The van der Waals surface area contributed by atoms with Gasteiger partial charge in [0.2, 0.25) is 5.91 Å². The lowest BCUT2D eigenvalue weighted by molar-refractivity contribution is -0.118. The first-order chi connectivity index (χ1) is 4.27. The van der Waals surface area contributed by atoms with E-state index in [1.54, 1.807) is 0 Å². The maximum absolute atomic E-state index is 10.1. The molecule has 2 nitrogen and oxygen atoms in total. The molecular weight excluding hydrogens is 134 g/mol. The minimum atomic E-state index is 0.00838. The standard InChI is InChI=1S/C4H9NOS.C2H6/c1-4(6)5-2-3-7;1-2/h7H,2-3H2,1H3,(H,5,6);1-2H3. The molecule has 56 valence electrons. The van der Waals surface area contributed by atoms with Crippen molar-refractivity contribution in [1.29, 1.82) is 0 Å². The van der Waals surface area contributed by atoms with Gasteiger partial charge in [-0.05, 0) is 0 Å². The molecule has 0 saturated carbocycles. The largest absolute Gasteiger partial charge is 0.356 e. The Bertz CT molecular complexity index is 66.1. The third-order valence-corrected chi connectivity index (χ3v) is 0.709. The van der Waals surface area contributed by atoms with Crippen LogP contribution in [0, 0.1) is 0 Å². The van der Waals surface area contributed by atoms with Gasteiger partial charge in [-0.15, -0.1) is 0 Å². The second-order valence-corrected chi connectivity index (χ2v) is 1.65. The third-order valence-electron chi connectivity index (χ3n) is 0.486. The Kier molecular flexibility index (Phi) is 13.8. The van der Waals surface area contributed by atoms with Gasteiger partial charge in [0.05, 0.1) is 0 Å². The van der Waals surface area contributed by atoms with Crippen molar-refractivity contribution in [3.05, 3.63) is 0 Å². The minimum Gasteiger partial charge on any atom is -0.356 e. The molecule has 0 spiro atoms. The highest BCUT2D eigenvalue weighted by molar-refractivity contribution is 7.80. The molecule has 0 unspecified atom stereocenters. The summed E-state index contributed by atoms with van der Waals surface area (Å²) in [5.41, 5.74) is 0. The lowest BCUT2D eigenvalue weighted by Gasteiger charge is -1.93. The van der Waals surface area contributed by atoms with Gasteiger partial charge in [-0.25, -0.2) is 0 Å². The fourth-order valence-corrected chi connectivity index (χ4v) is 0.344. The number of thiol groups is 1. The molecule has 0 aromatic rings. The van der Waals surface area contributed by atoms with Gasteiger partial charge in [0.15, 0.2) is 0 Å². The highest BCUT2D eigenvalue weighted by Gasteiger charge is 1.83. The predicted molar refractivity (Wildman–Crippen MR) is 43.9 cm³/mol. The smallest absolute Gasteiger partial charge is 0.216 e. The first-order valence-corrected chi connectivity index (χ1v) is 3.76. The second kappa shape index (κ2) is 10.7. The Morgan fingerprint density at radius 3 is 2.11 bits per heavy atom. The van der Waals surface area contributed by atoms with Crippen molar-refractivity contribution in [2.24, 2.45) is 0 Å². The van der Waals surface area contributed by atoms with Crippen molar-refractivity contribution in [3.63, 3.8) is 0 Å². The number of hydrogen-bond acceptors (Lipinski definition) is 2. The number of rotatable bonds is 2. The number of carbonyl (C=O) groups is 1. The average molecular weight is 149 g/mol. The summed E-state index contributed by atoms with van der Waals surface area (Å²) < 4.78 is 0. The fourth-order valence-electron chi connectivity index (χ4n) is 0.232. The molecule has 1 amide bonds. The quantitative estimate of drug-likeness (QED) is 0.565. The van der Waals surface area contributed by atoms with E-state index in [0.29, 0.717) is 12.3 Å². The zero-order chi connectivity index (χ0) is 7.70. The lowest BCUT2D eigenvalue weighted by atomic mass is 10.6. The van der Waals surface area contributed by atoms with Crippen LogP contribution >= 0.6 is 12.6 Å². The summed E-state index contributed by atoms with van der Waals surface area (Å²) in [5, 5.41) is 2.58. The Balaban J connectivity index is 0. The van der Waals surface area contributed by atoms with Crippen molar-refractivity contribution in [3.8, 4) is 0 Å². The van der Waals surface area contributed by atoms with Crippen LogP contribution in [0.25, 0.3) is 0 Å². The van der Waals surface area contributed by atoms with Crippen molar-refractivity contribution < 1.29 is 4.79 Å². The highest BCUT2D eigenvalue weighted by atomic mass is 32.1. The summed E-state index contributed by atoms with van der Waals surface area (Å²) in [4.78, 5) is 10.1. The molecule has 0 radical (unpaired) electrons. The molecule has 0 fully saturated rings. The van der Waals surface area contributed by atoms with E-state index in [2.05, 4.69) is 17.9 Å². The van der Waals surface area contributed by atoms with Gasteiger partial charge in [0.1, 0.15) is 0 Å². The molecule has 0 atom stereocenters. The summed E-state index contributed by atoms with van der Waals surface area (Å²) >= 11 is 3.88. The number of carbonyl (C=O) groups excluding carboxylic acids is 1. The van der Waals surface area contributed by atoms with E-state index < -0.39 is 0 Å². The molecule has 3 heteroatoms. The molecule has 0 aromatic heterocycles. The average Bonchev–Trinajstić information content (AvgIpc) is 1.88. The predicted octanol–water partition coefficient (Wildman–Crippen LogP) is 1.08. The van der Waals surface area contributed by atoms with Crippen LogP contribution in [0.3, 0.4) is 0 Å². The van der Waals surface area contributed by atoms with E-state index in [4.69, 9.17) is 0 Å². The molecular formula is C6H15NOS. The normalized spacial score (nSPS) is 7.11. The Labute approximate surface area is 62.4 Å². The van der Waals surface area contributed by atoms with Gasteiger partial charge in [0.25, 0.3) is 0 Å². The van der Waals surface area contributed by atoms with Gasteiger partial charge in [-0.1, -0.05) is 13.8 Å². The molecule has 0 aliphatic carbocycles. The van der Waals surface area contributed by atoms with Crippen LogP contribution < -0.4 is 5.32 Å². The van der Waals surface area contributed by atoms with Crippen molar-refractivity contribution in [1.82, 2.24) is 5.32 Å². The summed E-state index contributed by atoms with van der Waals surface area (Å²) in [5.74, 6) is 0.716. The van der Waals surface area contributed by atoms with E-state index in [1.807, 2.05) is 13.8 Å². The number of hydrogen-bond donors (Lipinski definition) is 2. The summed E-state index contributed by atoms with van der Waals surface area (Å²) in [7, 11) is 0. The summed E-state index contributed by atoms with van der Waals surface area (Å²) in [6.07, 6.45) is 0. The molecule has 1 N–H and O–H groups in total. The molecule has 0 bridgehead atoms. The molecule has 0 saturated heterocycles. The zero-order valence-corrected chi connectivity index (χ0v) is 7.16. The van der Waals surface area contributed by atoms with Crippen LogP contribution in [0.4, 0.5) is 0 Å². The van der Waals surface area contributed by atoms with Gasteiger partial charge >= 0.3 is 0 Å². The van der Waals surface area contributed by atoms with Crippen LogP contribution in [0.1, 0.15) is 20.8 Å². The first-order valence-electron chi connectivity index (χ1n) is 3.12. The van der Waals surface area contributed by atoms with Crippen LogP contribution in [-0.2, 0) is 4.79 Å². The van der Waals surface area contributed by atoms with E-state index in [0.717, 1.165) is 0 Å². The third kappa shape index (κ3) is 18.2. The monoisotopic (exact) mass is 149 g/mol. The molecule has 0 aliphatic rings. The Morgan fingerprint density at radius 1 is 1.56 bits per heavy atom. The lowest BCUT2D eigenvalue weighted by Crippen LogP contribution is -2.21. The van der Waals surface area contributed by atoms with E-state index in [9.17, 15) is 4.79 Å². The van der Waals surface area contributed by atoms with Gasteiger partial charge in [0, 0.05) is 19.2 Å². The van der Waals surface area contributed by atoms with Crippen molar-refractivity contribution in [2.75, 3.05) is 12.3 Å². The van der Waals surface area contributed by atoms with Gasteiger partial charge < -0.3 is 5.32 Å². The molecule has 0 aliphatic heterocycles. The van der Waals surface area contributed by atoms with Crippen LogP contribution in [0.15, 0.2) is 0 Å². The topological polar surface area (TPSA) is 29.1 Å². The van der Waals surface area contributed by atoms with E-state index in [-0.39, 0.29) is 5.91 Å². The molecule has 0 rings (SSSR count). The van der Waals surface area contributed by atoms with Gasteiger partial charge in [-0.2, -0.15) is 12.6 Å². The maximum atomic E-state index is 10.1. The van der Waals surface area contributed by atoms with E-state index in [1.165, 1.54) is 6.92 Å². The molecule has 9 heavy (non-hydrogen) atoms. The fraction of sp³-hybridized carbons (Fsp3) is 0.833. The van der Waals surface area contributed by atoms with Crippen LogP contribution in [-0.4, -0.2) is 18.2 Å². The van der Waals surface area contributed by atoms with Crippen molar-refractivity contribution in [2.45, 2.75) is 20.8 Å². The Hall–Kier alpha value is -0.180. The molecule has 0 heterocycles. The van der Waals surface area contributed by atoms with Crippen molar-refractivity contribution >= 4 is 18.5 Å². The van der Waals surface area contributed by atoms with Gasteiger partial charge in [-0.3, -0.25) is 4.79 Å². The minimum absolute atomic E-state index is 0.00838. The zero-order valence-electron chi connectivity index (χ0n) is 6.27. The summed E-state index contributed by atoms with van der Waals surface area (Å²) in [6, 6.07) is 0. The first kappa shape index (κ1) is 11.6. The molecule has 0 aromatic carbocycles. The number of amides is 1. The number of nitrogens with one attached hydrogen (secondary N) is 1.